The minimum atomic E-state index is -0.225. The molecule has 0 fully saturated rings. The van der Waals surface area contributed by atoms with E-state index in [0.717, 1.165) is 0 Å². The quantitative estimate of drug-likeness (QED) is 0.511. The number of carbonyl (C=O) groups excluding carboxylic acids is 1. The molecule has 3 heteroatoms. The standard InChI is InChI=1S/C6H12NO2/c1-6(2,4-8)3-7-5-9/h8H,3-4H2,1-2H3,(H,7,9). The molecule has 0 bridgehead atoms. The average Bonchev–Trinajstić information content (AvgIpc) is 1.84. The monoisotopic (exact) mass is 130 g/mol. The second kappa shape index (κ2) is 3.45. The maximum Gasteiger partial charge on any atom is 0.309 e. The lowest BCUT2D eigenvalue weighted by Gasteiger charge is -2.19. The van der Waals surface area contributed by atoms with Gasteiger partial charge in [0.05, 0.1) is 0 Å². The number of hydrogen-bond donors (Lipinski definition) is 2. The predicted octanol–water partition coefficient (Wildman–Crippen LogP) is -0.338. The molecule has 53 valence electrons. The van der Waals surface area contributed by atoms with Crippen LogP contribution in [-0.4, -0.2) is 24.7 Å². The normalized spacial score (nSPS) is 11.0. The Labute approximate surface area is 55.1 Å². The summed E-state index contributed by atoms with van der Waals surface area (Å²) in [7, 11) is 0. The number of amides is 1. The van der Waals surface area contributed by atoms with Crippen LogP contribution in [0.3, 0.4) is 0 Å². The van der Waals surface area contributed by atoms with E-state index in [1.807, 2.05) is 13.8 Å². The minimum absolute atomic E-state index is 0.0711. The molecule has 0 aliphatic carbocycles. The minimum Gasteiger partial charge on any atom is -0.396 e. The van der Waals surface area contributed by atoms with Crippen molar-refractivity contribution in [1.82, 2.24) is 5.32 Å². The maximum absolute atomic E-state index is 9.65. The average molecular weight is 130 g/mol. The van der Waals surface area contributed by atoms with Gasteiger partial charge in [-0.3, -0.25) is 4.79 Å². The molecule has 0 spiro atoms. The van der Waals surface area contributed by atoms with Crippen LogP contribution in [0.5, 0.6) is 0 Å². The number of aliphatic hydroxyl groups excluding tert-OH is 1. The molecule has 0 aromatic rings. The summed E-state index contributed by atoms with van der Waals surface area (Å²) in [5, 5.41) is 11.0. The largest absolute Gasteiger partial charge is 0.396 e. The summed E-state index contributed by atoms with van der Waals surface area (Å²) >= 11 is 0. The zero-order valence-corrected chi connectivity index (χ0v) is 5.77. The van der Waals surface area contributed by atoms with Gasteiger partial charge >= 0.3 is 6.41 Å². The Balaban J connectivity index is 3.44. The summed E-state index contributed by atoms with van der Waals surface area (Å²) in [5.41, 5.74) is -0.225. The lowest BCUT2D eigenvalue weighted by molar-refractivity contribution is 0.162. The van der Waals surface area contributed by atoms with Crippen molar-refractivity contribution >= 4 is 6.41 Å². The Morgan fingerprint density at radius 2 is 2.22 bits per heavy atom. The summed E-state index contributed by atoms with van der Waals surface area (Å²) in [6.45, 7) is 4.25. The topological polar surface area (TPSA) is 49.3 Å². The van der Waals surface area contributed by atoms with Gasteiger partial charge in [0.25, 0.3) is 0 Å². The van der Waals surface area contributed by atoms with Crippen molar-refractivity contribution in [3.63, 3.8) is 0 Å². The molecule has 0 rings (SSSR count). The van der Waals surface area contributed by atoms with Gasteiger partial charge in [0, 0.05) is 18.6 Å². The van der Waals surface area contributed by atoms with E-state index in [9.17, 15) is 4.79 Å². The van der Waals surface area contributed by atoms with Crippen LogP contribution in [0.2, 0.25) is 0 Å². The summed E-state index contributed by atoms with van der Waals surface area (Å²) < 4.78 is 0. The first-order valence-electron chi connectivity index (χ1n) is 2.83. The highest BCUT2D eigenvalue weighted by Crippen LogP contribution is 2.10. The summed E-state index contributed by atoms with van der Waals surface area (Å²) in [5.74, 6) is 0. The van der Waals surface area contributed by atoms with Crippen LogP contribution in [0, 0.1) is 5.41 Å². The Morgan fingerprint density at radius 3 is 2.56 bits per heavy atom. The molecule has 3 nitrogen and oxygen atoms in total. The summed E-state index contributed by atoms with van der Waals surface area (Å²) in [4.78, 5) is 9.65. The highest BCUT2D eigenvalue weighted by atomic mass is 16.3. The van der Waals surface area contributed by atoms with Gasteiger partial charge < -0.3 is 10.4 Å². The van der Waals surface area contributed by atoms with Crippen molar-refractivity contribution < 1.29 is 9.90 Å². The Hall–Kier alpha value is -0.570. The van der Waals surface area contributed by atoms with Gasteiger partial charge in [0.2, 0.25) is 0 Å². The van der Waals surface area contributed by atoms with Gasteiger partial charge in [-0.25, -0.2) is 0 Å². The molecule has 0 aliphatic heterocycles. The van der Waals surface area contributed by atoms with E-state index in [4.69, 9.17) is 5.11 Å². The van der Waals surface area contributed by atoms with Gasteiger partial charge in [0.15, 0.2) is 0 Å². The number of hydrogen-bond acceptors (Lipinski definition) is 2. The fourth-order valence-electron chi connectivity index (χ4n) is 0.331. The molecule has 1 radical (unpaired) electrons. The van der Waals surface area contributed by atoms with Crippen molar-refractivity contribution in [2.24, 2.45) is 5.41 Å². The van der Waals surface area contributed by atoms with E-state index in [1.54, 1.807) is 6.41 Å². The third-order valence-corrected chi connectivity index (χ3v) is 1.07. The Morgan fingerprint density at radius 1 is 1.67 bits per heavy atom. The van der Waals surface area contributed by atoms with Crippen LogP contribution < -0.4 is 5.32 Å². The first kappa shape index (κ1) is 8.43. The predicted molar refractivity (Wildman–Crippen MR) is 34.6 cm³/mol. The Kier molecular flexibility index (Phi) is 3.24. The van der Waals surface area contributed by atoms with Gasteiger partial charge in [-0.15, -0.1) is 0 Å². The molecule has 0 heterocycles. The molecule has 9 heavy (non-hydrogen) atoms. The van der Waals surface area contributed by atoms with E-state index in [0.29, 0.717) is 6.54 Å². The van der Waals surface area contributed by atoms with Crippen LogP contribution in [0.1, 0.15) is 13.8 Å². The molecule has 0 aliphatic rings. The third kappa shape index (κ3) is 3.97. The van der Waals surface area contributed by atoms with Crippen LogP contribution in [0.15, 0.2) is 0 Å². The van der Waals surface area contributed by atoms with Crippen molar-refractivity contribution in [3.05, 3.63) is 0 Å². The molecular formula is C6H12NO2. The molecule has 0 saturated carbocycles. The first-order chi connectivity index (χ1) is 4.12. The maximum atomic E-state index is 9.65. The molecule has 1 amide bonds. The highest BCUT2D eigenvalue weighted by molar-refractivity contribution is 5.47. The molecular weight excluding hydrogens is 118 g/mol. The first-order valence-corrected chi connectivity index (χ1v) is 2.83. The molecule has 0 saturated heterocycles. The molecule has 2 N–H and O–H groups in total. The smallest absolute Gasteiger partial charge is 0.309 e. The van der Waals surface area contributed by atoms with Crippen molar-refractivity contribution in [2.45, 2.75) is 13.8 Å². The fourth-order valence-corrected chi connectivity index (χ4v) is 0.331. The number of nitrogens with one attached hydrogen (secondary N) is 1. The van der Waals surface area contributed by atoms with Crippen molar-refractivity contribution in [3.8, 4) is 0 Å². The van der Waals surface area contributed by atoms with Crippen LogP contribution in [0.25, 0.3) is 0 Å². The number of aliphatic hydroxyl groups is 1. The van der Waals surface area contributed by atoms with Crippen LogP contribution in [-0.2, 0) is 4.79 Å². The van der Waals surface area contributed by atoms with Crippen molar-refractivity contribution in [1.29, 1.82) is 0 Å². The second-order valence-corrected chi connectivity index (χ2v) is 2.78. The lowest BCUT2D eigenvalue weighted by atomic mass is 9.95. The molecule has 0 atom stereocenters. The Bertz CT molecular complexity index is 91.1. The molecule has 0 unspecified atom stereocenters. The third-order valence-electron chi connectivity index (χ3n) is 1.07. The van der Waals surface area contributed by atoms with Gasteiger partial charge in [-0.05, 0) is 0 Å². The SMILES string of the molecule is CC(C)(CO)CN[C]=O. The van der Waals surface area contributed by atoms with Crippen LogP contribution in [0.4, 0.5) is 0 Å². The van der Waals surface area contributed by atoms with E-state index in [-0.39, 0.29) is 12.0 Å². The van der Waals surface area contributed by atoms with Gasteiger partial charge in [-0.1, -0.05) is 13.8 Å². The van der Waals surface area contributed by atoms with Gasteiger partial charge in [0.1, 0.15) is 0 Å². The number of rotatable bonds is 4. The zero-order chi connectivity index (χ0) is 7.33. The van der Waals surface area contributed by atoms with Crippen molar-refractivity contribution in [2.75, 3.05) is 13.2 Å². The van der Waals surface area contributed by atoms with E-state index in [2.05, 4.69) is 5.32 Å². The van der Waals surface area contributed by atoms with E-state index >= 15 is 0 Å². The molecule has 0 aromatic heterocycles. The van der Waals surface area contributed by atoms with Gasteiger partial charge in [-0.2, -0.15) is 0 Å². The highest BCUT2D eigenvalue weighted by Gasteiger charge is 2.14. The molecule has 0 aromatic carbocycles. The summed E-state index contributed by atoms with van der Waals surface area (Å²) in [6.07, 6.45) is 1.55. The second-order valence-electron chi connectivity index (χ2n) is 2.78. The van der Waals surface area contributed by atoms with Crippen LogP contribution >= 0.6 is 0 Å². The zero-order valence-electron chi connectivity index (χ0n) is 5.77. The van der Waals surface area contributed by atoms with E-state index < -0.39 is 0 Å². The fraction of sp³-hybridized carbons (Fsp3) is 0.833. The lowest BCUT2D eigenvalue weighted by Crippen LogP contribution is -2.31. The van der Waals surface area contributed by atoms with E-state index in [1.165, 1.54) is 0 Å². The summed E-state index contributed by atoms with van der Waals surface area (Å²) in [6, 6.07) is 0.